The highest BCUT2D eigenvalue weighted by atomic mass is 32.2. The number of rotatable bonds is 4. The smallest absolute Gasteiger partial charge is 0.273 e. The number of aromatic nitrogens is 1. The summed E-state index contributed by atoms with van der Waals surface area (Å²) >= 11 is 1.33. The van der Waals surface area contributed by atoms with Crippen LogP contribution < -0.4 is 0 Å². The van der Waals surface area contributed by atoms with Crippen LogP contribution in [0, 0.1) is 0 Å². The van der Waals surface area contributed by atoms with Crippen LogP contribution in [0.2, 0.25) is 0 Å². The Morgan fingerprint density at radius 1 is 1.60 bits per heavy atom. The number of hydrogen-bond donors (Lipinski definition) is 0. The molecule has 0 aliphatic heterocycles. The molecule has 15 heavy (non-hydrogen) atoms. The molecule has 1 amide bonds. The van der Waals surface area contributed by atoms with Gasteiger partial charge in [-0.05, 0) is 0 Å². The maximum Gasteiger partial charge on any atom is 0.273 e. The molecule has 1 aromatic heterocycles. The highest BCUT2D eigenvalue weighted by molar-refractivity contribution is 7.90. The summed E-state index contributed by atoms with van der Waals surface area (Å²) in [5.74, 6) is -0.278. The molecule has 0 aliphatic carbocycles. The Morgan fingerprint density at radius 3 is 2.73 bits per heavy atom. The van der Waals surface area contributed by atoms with Gasteiger partial charge in [0.15, 0.2) is 0 Å². The van der Waals surface area contributed by atoms with Gasteiger partial charge in [-0.2, -0.15) is 0 Å². The van der Waals surface area contributed by atoms with Gasteiger partial charge in [-0.25, -0.2) is 13.4 Å². The molecule has 0 fully saturated rings. The number of carbonyl (C=O) groups excluding carboxylic acids is 1. The molecule has 0 radical (unpaired) electrons. The lowest BCUT2D eigenvalue weighted by molar-refractivity contribution is 0.0798. The summed E-state index contributed by atoms with van der Waals surface area (Å²) in [6.07, 6.45) is 1.15. The van der Waals surface area contributed by atoms with Crippen molar-refractivity contribution >= 4 is 27.1 Å². The highest BCUT2D eigenvalue weighted by Gasteiger charge is 2.14. The molecule has 1 aromatic rings. The lowest BCUT2D eigenvalue weighted by Crippen LogP contribution is -2.31. The second-order valence-electron chi connectivity index (χ2n) is 3.23. The number of thiazole rings is 1. The van der Waals surface area contributed by atoms with Crippen LogP contribution in [0.15, 0.2) is 10.9 Å². The molecular weight excluding hydrogens is 236 g/mol. The first kappa shape index (κ1) is 12.1. The summed E-state index contributed by atoms with van der Waals surface area (Å²) in [6.45, 7) is 0.190. The van der Waals surface area contributed by atoms with Crippen LogP contribution in [0.4, 0.5) is 0 Å². The number of amides is 1. The fraction of sp³-hybridized carbons (Fsp3) is 0.500. The van der Waals surface area contributed by atoms with E-state index in [0.29, 0.717) is 5.69 Å². The minimum atomic E-state index is -3.03. The third kappa shape index (κ3) is 3.96. The van der Waals surface area contributed by atoms with Gasteiger partial charge in [0.25, 0.3) is 5.91 Å². The zero-order valence-corrected chi connectivity index (χ0v) is 10.1. The number of nitrogens with zero attached hydrogens (tertiary/aromatic N) is 2. The summed E-state index contributed by atoms with van der Waals surface area (Å²) in [5.41, 5.74) is 1.92. The van der Waals surface area contributed by atoms with Gasteiger partial charge in [0, 0.05) is 25.2 Å². The van der Waals surface area contributed by atoms with Gasteiger partial charge >= 0.3 is 0 Å². The molecule has 0 N–H and O–H groups in total. The van der Waals surface area contributed by atoms with E-state index in [1.807, 2.05) is 0 Å². The molecule has 0 aromatic carbocycles. The highest BCUT2D eigenvalue weighted by Crippen LogP contribution is 2.04. The molecule has 0 unspecified atom stereocenters. The normalized spacial score (nSPS) is 11.3. The lowest BCUT2D eigenvalue weighted by Gasteiger charge is -2.14. The van der Waals surface area contributed by atoms with Gasteiger partial charge in [-0.1, -0.05) is 0 Å². The largest absolute Gasteiger partial charge is 0.339 e. The number of carbonyl (C=O) groups is 1. The second kappa shape index (κ2) is 4.71. The molecule has 1 heterocycles. The minimum absolute atomic E-state index is 0.0284. The summed E-state index contributed by atoms with van der Waals surface area (Å²) in [7, 11) is -1.47. The van der Waals surface area contributed by atoms with Crippen molar-refractivity contribution in [3.05, 3.63) is 16.6 Å². The van der Waals surface area contributed by atoms with E-state index >= 15 is 0 Å². The van der Waals surface area contributed by atoms with E-state index in [9.17, 15) is 13.2 Å². The predicted octanol–water partition coefficient (Wildman–Crippen LogP) is 0.260. The van der Waals surface area contributed by atoms with Crippen LogP contribution in [-0.4, -0.2) is 49.8 Å². The van der Waals surface area contributed by atoms with Crippen molar-refractivity contribution in [3.8, 4) is 0 Å². The van der Waals surface area contributed by atoms with E-state index in [1.165, 1.54) is 16.2 Å². The van der Waals surface area contributed by atoms with E-state index in [4.69, 9.17) is 0 Å². The first-order chi connectivity index (χ1) is 6.90. The molecule has 1 rings (SSSR count). The average Bonchev–Trinajstić information content (AvgIpc) is 2.64. The molecule has 0 atom stereocenters. The van der Waals surface area contributed by atoms with Crippen LogP contribution in [0.25, 0.3) is 0 Å². The predicted molar refractivity (Wildman–Crippen MR) is 58.8 cm³/mol. The van der Waals surface area contributed by atoms with Crippen LogP contribution in [0.5, 0.6) is 0 Å². The molecule has 0 aliphatic rings. The first-order valence-electron chi connectivity index (χ1n) is 4.21. The molecule has 0 saturated heterocycles. The molecule has 5 nitrogen and oxygen atoms in total. The fourth-order valence-corrected chi connectivity index (χ4v) is 2.05. The summed E-state index contributed by atoms with van der Waals surface area (Å²) < 4.78 is 21.8. The van der Waals surface area contributed by atoms with Crippen molar-refractivity contribution in [2.45, 2.75) is 0 Å². The number of sulfone groups is 1. The Kier molecular flexibility index (Phi) is 3.81. The molecule has 0 bridgehead atoms. The maximum absolute atomic E-state index is 11.6. The van der Waals surface area contributed by atoms with Crippen LogP contribution in [-0.2, 0) is 9.84 Å². The lowest BCUT2D eigenvalue weighted by atomic mass is 10.4. The van der Waals surface area contributed by atoms with Crippen LogP contribution in [0.1, 0.15) is 10.5 Å². The van der Waals surface area contributed by atoms with Gasteiger partial charge in [0.1, 0.15) is 15.5 Å². The van der Waals surface area contributed by atoms with Gasteiger partial charge < -0.3 is 4.90 Å². The maximum atomic E-state index is 11.6. The van der Waals surface area contributed by atoms with E-state index in [-0.39, 0.29) is 18.2 Å². The summed E-state index contributed by atoms with van der Waals surface area (Å²) in [4.78, 5) is 16.8. The first-order valence-corrected chi connectivity index (χ1v) is 7.22. The SMILES string of the molecule is CN(CCS(C)(=O)=O)C(=O)c1cscn1. The zero-order valence-electron chi connectivity index (χ0n) is 8.50. The van der Waals surface area contributed by atoms with E-state index < -0.39 is 9.84 Å². The van der Waals surface area contributed by atoms with Crippen molar-refractivity contribution in [1.29, 1.82) is 0 Å². The van der Waals surface area contributed by atoms with Gasteiger partial charge in [-0.15, -0.1) is 11.3 Å². The van der Waals surface area contributed by atoms with Crippen LogP contribution >= 0.6 is 11.3 Å². The van der Waals surface area contributed by atoms with E-state index in [1.54, 1.807) is 17.9 Å². The minimum Gasteiger partial charge on any atom is -0.339 e. The Bertz CT molecular complexity index is 425. The standard InChI is InChI=1S/C8H12N2O3S2/c1-10(3-4-15(2,12)13)8(11)7-5-14-6-9-7/h5-6H,3-4H2,1-2H3. The Hall–Kier alpha value is -0.950. The molecule has 84 valence electrons. The summed E-state index contributed by atoms with van der Waals surface area (Å²) in [5, 5.41) is 1.64. The molecule has 0 spiro atoms. The van der Waals surface area contributed by atoms with Crippen molar-refractivity contribution in [2.75, 3.05) is 25.6 Å². The van der Waals surface area contributed by atoms with Crippen molar-refractivity contribution < 1.29 is 13.2 Å². The number of hydrogen-bond acceptors (Lipinski definition) is 5. The van der Waals surface area contributed by atoms with Crippen molar-refractivity contribution in [3.63, 3.8) is 0 Å². The van der Waals surface area contributed by atoms with E-state index in [2.05, 4.69) is 4.98 Å². The second-order valence-corrected chi connectivity index (χ2v) is 6.21. The fourth-order valence-electron chi connectivity index (χ4n) is 0.918. The Balaban J connectivity index is 2.55. The third-order valence-corrected chi connectivity index (χ3v) is 3.31. The van der Waals surface area contributed by atoms with Crippen LogP contribution in [0.3, 0.4) is 0 Å². The average molecular weight is 248 g/mol. The summed E-state index contributed by atoms with van der Waals surface area (Å²) in [6, 6.07) is 0. The molecule has 0 saturated carbocycles. The van der Waals surface area contributed by atoms with Gasteiger partial charge in [0.05, 0.1) is 11.3 Å². The Morgan fingerprint density at radius 2 is 2.27 bits per heavy atom. The van der Waals surface area contributed by atoms with Crippen molar-refractivity contribution in [1.82, 2.24) is 9.88 Å². The quantitative estimate of drug-likeness (QED) is 0.766. The monoisotopic (exact) mass is 248 g/mol. The Labute approximate surface area is 92.7 Å². The zero-order chi connectivity index (χ0) is 11.5. The van der Waals surface area contributed by atoms with Gasteiger partial charge in [0.2, 0.25) is 0 Å². The van der Waals surface area contributed by atoms with E-state index in [0.717, 1.165) is 6.26 Å². The molecule has 7 heteroatoms. The topological polar surface area (TPSA) is 67.3 Å². The van der Waals surface area contributed by atoms with Crippen molar-refractivity contribution in [2.24, 2.45) is 0 Å². The third-order valence-electron chi connectivity index (χ3n) is 1.80. The van der Waals surface area contributed by atoms with Gasteiger partial charge in [-0.3, -0.25) is 4.79 Å². The molecular formula is C8H12N2O3S2.